The highest BCUT2D eigenvalue weighted by molar-refractivity contribution is 5.84. The number of aromatic amines is 1. The van der Waals surface area contributed by atoms with Crippen LogP contribution >= 0.6 is 0 Å². The lowest BCUT2D eigenvalue weighted by Gasteiger charge is -2.07. The molecular formula is C12H12N6O2. The highest BCUT2D eigenvalue weighted by Gasteiger charge is 2.33. The number of nitrogens with one attached hydrogen (secondary N) is 1. The molecule has 0 aromatic carbocycles. The fourth-order valence-corrected chi connectivity index (χ4v) is 2.97. The number of carbonyl (C=O) groups is 1. The van der Waals surface area contributed by atoms with Crippen molar-refractivity contribution in [1.82, 2.24) is 29.5 Å². The third kappa shape index (κ3) is 1.50. The van der Waals surface area contributed by atoms with E-state index in [4.69, 9.17) is 5.11 Å². The Hall–Kier alpha value is -2.51. The summed E-state index contributed by atoms with van der Waals surface area (Å²) >= 11 is 0. The molecule has 3 aromatic heterocycles. The van der Waals surface area contributed by atoms with Gasteiger partial charge in [0.2, 0.25) is 0 Å². The van der Waals surface area contributed by atoms with Crippen LogP contribution in [0.3, 0.4) is 0 Å². The van der Waals surface area contributed by atoms with E-state index in [-0.39, 0.29) is 11.8 Å². The number of hydrogen-bond acceptors (Lipinski definition) is 5. The first-order valence-corrected chi connectivity index (χ1v) is 6.49. The molecule has 3 heterocycles. The van der Waals surface area contributed by atoms with Crippen molar-refractivity contribution in [2.24, 2.45) is 5.92 Å². The number of fused-ring (bicyclic) bond motifs is 3. The number of aromatic nitrogens is 6. The second-order valence-corrected chi connectivity index (χ2v) is 5.14. The van der Waals surface area contributed by atoms with Crippen molar-refractivity contribution in [2.45, 2.75) is 25.2 Å². The molecule has 0 amide bonds. The Morgan fingerprint density at radius 2 is 2.25 bits per heavy atom. The van der Waals surface area contributed by atoms with Crippen LogP contribution in [0.1, 0.15) is 31.0 Å². The van der Waals surface area contributed by atoms with Crippen molar-refractivity contribution in [3.8, 4) is 0 Å². The van der Waals surface area contributed by atoms with Crippen LogP contribution in [-0.4, -0.2) is 40.6 Å². The summed E-state index contributed by atoms with van der Waals surface area (Å²) in [6, 6.07) is 0. The van der Waals surface area contributed by atoms with Crippen LogP contribution in [0.15, 0.2) is 12.7 Å². The number of nitrogens with zero attached hydrogens (tertiary/aromatic N) is 5. The van der Waals surface area contributed by atoms with Gasteiger partial charge in [-0.15, -0.1) is 10.2 Å². The van der Waals surface area contributed by atoms with Gasteiger partial charge >= 0.3 is 5.97 Å². The Balaban J connectivity index is 1.79. The normalized spacial score (nSPS) is 22.8. The largest absolute Gasteiger partial charge is 0.481 e. The van der Waals surface area contributed by atoms with Crippen LogP contribution < -0.4 is 0 Å². The first-order chi connectivity index (χ1) is 9.74. The molecule has 1 fully saturated rings. The van der Waals surface area contributed by atoms with E-state index in [1.165, 1.54) is 0 Å². The van der Waals surface area contributed by atoms with Crippen LogP contribution in [0.25, 0.3) is 16.8 Å². The minimum atomic E-state index is -0.726. The highest BCUT2D eigenvalue weighted by Crippen LogP contribution is 2.37. The zero-order valence-corrected chi connectivity index (χ0v) is 10.5. The molecule has 1 aliphatic carbocycles. The Kier molecular flexibility index (Phi) is 2.26. The van der Waals surface area contributed by atoms with Gasteiger partial charge in [0.05, 0.1) is 12.2 Å². The Labute approximate surface area is 112 Å². The Morgan fingerprint density at radius 3 is 3.05 bits per heavy atom. The molecule has 0 saturated heterocycles. The fraction of sp³-hybridized carbons (Fsp3) is 0.417. The highest BCUT2D eigenvalue weighted by atomic mass is 16.4. The SMILES string of the molecule is O=C(O)C1CCC(c2nnc3c4[nH]cnc4ncn23)C1. The molecule has 20 heavy (non-hydrogen) atoms. The molecule has 2 unspecified atom stereocenters. The average molecular weight is 272 g/mol. The van der Waals surface area contributed by atoms with Gasteiger partial charge in [0.25, 0.3) is 0 Å². The number of imidazole rings is 1. The van der Waals surface area contributed by atoms with Crippen LogP contribution in [0.5, 0.6) is 0 Å². The summed E-state index contributed by atoms with van der Waals surface area (Å²) in [7, 11) is 0. The summed E-state index contributed by atoms with van der Waals surface area (Å²) < 4.78 is 1.83. The summed E-state index contributed by atoms with van der Waals surface area (Å²) in [6.07, 6.45) is 5.34. The first kappa shape index (κ1) is 11.3. The van der Waals surface area contributed by atoms with Gasteiger partial charge in [-0.2, -0.15) is 0 Å². The maximum atomic E-state index is 11.1. The molecule has 0 aliphatic heterocycles. The van der Waals surface area contributed by atoms with Crippen molar-refractivity contribution < 1.29 is 9.90 Å². The molecule has 0 spiro atoms. The minimum Gasteiger partial charge on any atom is -0.481 e. The van der Waals surface area contributed by atoms with Crippen molar-refractivity contribution in [3.63, 3.8) is 0 Å². The lowest BCUT2D eigenvalue weighted by molar-refractivity contribution is -0.141. The smallest absolute Gasteiger partial charge is 0.306 e. The van der Waals surface area contributed by atoms with Gasteiger partial charge in [-0.05, 0) is 19.3 Å². The van der Waals surface area contributed by atoms with Crippen molar-refractivity contribution >= 4 is 22.8 Å². The number of carboxylic acids is 1. The predicted octanol–water partition coefficient (Wildman–Crippen LogP) is 0.969. The average Bonchev–Trinajstić information content (AvgIpc) is 3.16. The van der Waals surface area contributed by atoms with Gasteiger partial charge in [-0.1, -0.05) is 0 Å². The minimum absolute atomic E-state index is 0.119. The molecule has 3 aromatic rings. The third-order valence-corrected chi connectivity index (χ3v) is 4.01. The molecule has 102 valence electrons. The van der Waals surface area contributed by atoms with E-state index in [9.17, 15) is 4.79 Å². The van der Waals surface area contributed by atoms with E-state index >= 15 is 0 Å². The third-order valence-electron chi connectivity index (χ3n) is 4.01. The lowest BCUT2D eigenvalue weighted by atomic mass is 10.0. The van der Waals surface area contributed by atoms with Crippen molar-refractivity contribution in [2.75, 3.05) is 0 Å². The molecule has 8 nitrogen and oxygen atoms in total. The van der Waals surface area contributed by atoms with E-state index in [1.807, 2.05) is 4.40 Å². The number of aliphatic carboxylic acids is 1. The summed E-state index contributed by atoms with van der Waals surface area (Å²) in [5.74, 6) is -0.104. The molecule has 0 radical (unpaired) electrons. The summed E-state index contributed by atoms with van der Waals surface area (Å²) in [5, 5.41) is 17.5. The van der Waals surface area contributed by atoms with Crippen LogP contribution in [0.2, 0.25) is 0 Å². The standard InChI is InChI=1S/C12H12N6O2/c19-12(20)7-2-1-6(3-7)10-16-17-11-8-9(14-4-13-8)15-5-18(10)11/h4-7H,1-3H2,(H,13,14)(H,19,20). The van der Waals surface area contributed by atoms with Crippen LogP contribution in [0, 0.1) is 5.92 Å². The summed E-state index contributed by atoms with van der Waals surface area (Å²) in [4.78, 5) is 22.4. The number of hydrogen-bond donors (Lipinski definition) is 2. The monoisotopic (exact) mass is 272 g/mol. The van der Waals surface area contributed by atoms with E-state index in [0.717, 1.165) is 17.8 Å². The fourth-order valence-electron chi connectivity index (χ4n) is 2.97. The molecule has 8 heteroatoms. The van der Waals surface area contributed by atoms with Crippen molar-refractivity contribution in [3.05, 3.63) is 18.5 Å². The predicted molar refractivity (Wildman–Crippen MR) is 68.2 cm³/mol. The van der Waals surface area contributed by atoms with Gasteiger partial charge in [0.1, 0.15) is 17.7 Å². The molecule has 1 saturated carbocycles. The zero-order chi connectivity index (χ0) is 13.7. The van der Waals surface area contributed by atoms with Gasteiger partial charge < -0.3 is 10.1 Å². The van der Waals surface area contributed by atoms with Gasteiger partial charge in [0.15, 0.2) is 11.3 Å². The van der Waals surface area contributed by atoms with E-state index < -0.39 is 5.97 Å². The van der Waals surface area contributed by atoms with E-state index in [0.29, 0.717) is 24.1 Å². The summed E-state index contributed by atoms with van der Waals surface area (Å²) in [6.45, 7) is 0. The molecule has 0 bridgehead atoms. The topological polar surface area (TPSA) is 109 Å². The van der Waals surface area contributed by atoms with Gasteiger partial charge in [-0.25, -0.2) is 9.97 Å². The Morgan fingerprint density at radius 1 is 1.35 bits per heavy atom. The van der Waals surface area contributed by atoms with Crippen LogP contribution in [-0.2, 0) is 4.79 Å². The molecule has 1 aliphatic rings. The number of H-pyrrole nitrogens is 1. The number of rotatable bonds is 2. The second-order valence-electron chi connectivity index (χ2n) is 5.14. The molecule has 2 atom stereocenters. The maximum absolute atomic E-state index is 11.1. The second kappa shape index (κ2) is 3.99. The number of carboxylic acid groups (broad SMARTS) is 1. The maximum Gasteiger partial charge on any atom is 0.306 e. The van der Waals surface area contributed by atoms with Crippen molar-refractivity contribution in [1.29, 1.82) is 0 Å². The zero-order valence-electron chi connectivity index (χ0n) is 10.5. The summed E-state index contributed by atoms with van der Waals surface area (Å²) in [5.41, 5.74) is 2.03. The molecule has 2 N–H and O–H groups in total. The van der Waals surface area contributed by atoms with E-state index in [2.05, 4.69) is 25.1 Å². The first-order valence-electron chi connectivity index (χ1n) is 6.49. The van der Waals surface area contributed by atoms with Gasteiger partial charge in [-0.3, -0.25) is 9.20 Å². The van der Waals surface area contributed by atoms with Gasteiger partial charge in [0, 0.05) is 5.92 Å². The molecule has 4 rings (SSSR count). The van der Waals surface area contributed by atoms with E-state index in [1.54, 1.807) is 12.7 Å². The lowest BCUT2D eigenvalue weighted by Crippen LogP contribution is -2.10. The molecular weight excluding hydrogens is 260 g/mol. The quantitative estimate of drug-likeness (QED) is 0.719. The van der Waals surface area contributed by atoms with Crippen LogP contribution in [0.4, 0.5) is 0 Å². The Bertz CT molecular complexity index is 807.